The Bertz CT molecular complexity index is 591. The number of nitrogens with zero attached hydrogens (tertiary/aromatic N) is 2. The first kappa shape index (κ1) is 16.4. The van der Waals surface area contributed by atoms with Crippen molar-refractivity contribution in [1.29, 1.82) is 0 Å². The molecule has 3 heteroatoms. The van der Waals surface area contributed by atoms with E-state index >= 15 is 0 Å². The zero-order valence-electron chi connectivity index (χ0n) is 13.9. The number of imidazole rings is 1. The third-order valence-corrected chi connectivity index (χ3v) is 4.60. The number of aromatic nitrogens is 2. The number of alkyl halides is 1. The summed E-state index contributed by atoms with van der Waals surface area (Å²) in [5.41, 5.74) is 3.60. The molecule has 0 aliphatic carbocycles. The number of hydrogen-bond donors (Lipinski definition) is 0. The first-order chi connectivity index (χ1) is 9.93. The smallest absolute Gasteiger partial charge is 0.111 e. The molecule has 1 heterocycles. The molecule has 0 spiro atoms. The van der Waals surface area contributed by atoms with Crippen LogP contribution in [-0.4, -0.2) is 15.4 Å². The summed E-state index contributed by atoms with van der Waals surface area (Å²) in [6.07, 6.45) is 0.832. The lowest BCUT2D eigenvalue weighted by atomic mass is 9.85. The van der Waals surface area contributed by atoms with E-state index in [1.54, 1.807) is 0 Å². The van der Waals surface area contributed by atoms with E-state index in [1.165, 1.54) is 11.1 Å². The third kappa shape index (κ3) is 3.60. The highest BCUT2D eigenvalue weighted by atomic mass is 35.5. The number of fused-ring (bicyclic) bond motifs is 1. The molecule has 0 atom stereocenters. The minimum Gasteiger partial charge on any atom is -0.328 e. The number of aryl methyl sites for hydroxylation is 2. The molecular weight excluding hydrogens is 280 g/mol. The van der Waals surface area contributed by atoms with E-state index in [0.717, 1.165) is 24.3 Å². The van der Waals surface area contributed by atoms with Crippen LogP contribution in [0.25, 0.3) is 11.0 Å². The van der Waals surface area contributed by atoms with Gasteiger partial charge in [0.2, 0.25) is 0 Å². The molecule has 0 unspecified atom stereocenters. The number of hydrogen-bond acceptors (Lipinski definition) is 1. The summed E-state index contributed by atoms with van der Waals surface area (Å²) in [7, 11) is 0. The van der Waals surface area contributed by atoms with Crippen LogP contribution in [0.1, 0.15) is 39.1 Å². The van der Waals surface area contributed by atoms with Crippen molar-refractivity contribution < 1.29 is 0 Å². The molecule has 0 amide bonds. The van der Waals surface area contributed by atoms with Gasteiger partial charge in [-0.3, -0.25) is 0 Å². The zero-order valence-corrected chi connectivity index (χ0v) is 14.6. The maximum absolute atomic E-state index is 5.98. The summed E-state index contributed by atoms with van der Waals surface area (Å²) < 4.78 is 2.39. The fraction of sp³-hybridized carbons (Fsp3) is 0.611. The van der Waals surface area contributed by atoms with Gasteiger partial charge in [0.15, 0.2) is 0 Å². The van der Waals surface area contributed by atoms with E-state index in [1.807, 2.05) is 0 Å². The van der Waals surface area contributed by atoms with Crippen molar-refractivity contribution in [3.05, 3.63) is 29.6 Å². The first-order valence-electron chi connectivity index (χ1n) is 7.95. The number of halogens is 1. The molecule has 0 fully saturated rings. The summed E-state index contributed by atoms with van der Waals surface area (Å²) in [5, 5.41) is 0. The number of rotatable bonds is 6. The lowest BCUT2D eigenvalue weighted by molar-refractivity contribution is 0.252. The normalized spacial score (nSPS) is 12.2. The Balaban J connectivity index is 2.46. The molecule has 116 valence electrons. The summed E-state index contributed by atoms with van der Waals surface area (Å²) in [6, 6.07) is 6.54. The molecule has 21 heavy (non-hydrogen) atoms. The average Bonchev–Trinajstić information content (AvgIpc) is 2.72. The highest BCUT2D eigenvalue weighted by molar-refractivity contribution is 6.17. The highest BCUT2D eigenvalue weighted by Crippen LogP contribution is 2.26. The Labute approximate surface area is 133 Å². The van der Waals surface area contributed by atoms with Crippen LogP contribution >= 0.6 is 11.6 Å². The van der Waals surface area contributed by atoms with Gasteiger partial charge in [-0.05, 0) is 42.4 Å². The van der Waals surface area contributed by atoms with Crippen LogP contribution in [0.3, 0.4) is 0 Å². The molecule has 0 bridgehead atoms. The molecular formula is C18H27ClN2. The quantitative estimate of drug-likeness (QED) is 0.683. The van der Waals surface area contributed by atoms with Gasteiger partial charge in [0.05, 0.1) is 11.0 Å². The topological polar surface area (TPSA) is 17.8 Å². The Morgan fingerprint density at radius 1 is 1.14 bits per heavy atom. The van der Waals surface area contributed by atoms with Gasteiger partial charge in [-0.1, -0.05) is 33.8 Å². The van der Waals surface area contributed by atoms with E-state index in [-0.39, 0.29) is 0 Å². The van der Waals surface area contributed by atoms with E-state index < -0.39 is 0 Å². The van der Waals surface area contributed by atoms with Crippen LogP contribution in [0.15, 0.2) is 18.2 Å². The van der Waals surface area contributed by atoms with Gasteiger partial charge in [0.25, 0.3) is 0 Å². The maximum Gasteiger partial charge on any atom is 0.111 e. The van der Waals surface area contributed by atoms with Crippen molar-refractivity contribution in [2.45, 2.75) is 47.6 Å². The molecule has 0 N–H and O–H groups in total. The largest absolute Gasteiger partial charge is 0.328 e. The van der Waals surface area contributed by atoms with E-state index in [9.17, 15) is 0 Å². The minimum absolute atomic E-state index is 0.621. The summed E-state index contributed by atoms with van der Waals surface area (Å²) in [4.78, 5) is 4.81. The second-order valence-electron chi connectivity index (χ2n) is 6.72. The van der Waals surface area contributed by atoms with Crippen LogP contribution in [0.4, 0.5) is 0 Å². The van der Waals surface area contributed by atoms with Crippen LogP contribution in [0, 0.1) is 24.7 Å². The minimum atomic E-state index is 0.621. The van der Waals surface area contributed by atoms with Gasteiger partial charge in [-0.25, -0.2) is 4.98 Å². The first-order valence-corrected chi connectivity index (χ1v) is 8.49. The van der Waals surface area contributed by atoms with Gasteiger partial charge in [-0.2, -0.15) is 0 Å². The van der Waals surface area contributed by atoms with Crippen molar-refractivity contribution in [3.63, 3.8) is 0 Å². The molecule has 0 aliphatic heterocycles. The standard InChI is InChI=1S/C18H27ClN2/c1-12(2)15(13(3)4)11-21-17-7-6-14(5)10-16(17)20-18(21)8-9-19/h6-7,10,12-13,15H,8-9,11H2,1-5H3. The SMILES string of the molecule is Cc1ccc2c(c1)nc(CCCl)n2CC(C(C)C)C(C)C. The molecule has 1 aromatic heterocycles. The lowest BCUT2D eigenvalue weighted by Gasteiger charge is -2.26. The van der Waals surface area contributed by atoms with Gasteiger partial charge in [0, 0.05) is 18.8 Å². The average molecular weight is 307 g/mol. The van der Waals surface area contributed by atoms with Crippen LogP contribution in [-0.2, 0) is 13.0 Å². The van der Waals surface area contributed by atoms with Crippen LogP contribution in [0.5, 0.6) is 0 Å². The van der Waals surface area contributed by atoms with E-state index in [0.29, 0.717) is 23.6 Å². The van der Waals surface area contributed by atoms with Crippen LogP contribution in [0.2, 0.25) is 0 Å². The van der Waals surface area contributed by atoms with Crippen molar-refractivity contribution in [2.75, 3.05) is 5.88 Å². The molecule has 2 rings (SSSR count). The summed E-state index contributed by atoms with van der Waals surface area (Å²) >= 11 is 5.98. The highest BCUT2D eigenvalue weighted by Gasteiger charge is 2.21. The molecule has 1 aromatic carbocycles. The zero-order chi connectivity index (χ0) is 15.6. The van der Waals surface area contributed by atoms with Gasteiger partial charge >= 0.3 is 0 Å². The predicted octanol–water partition coefficient (Wildman–Crippen LogP) is 5.05. The molecule has 0 aliphatic rings. The number of benzene rings is 1. The molecule has 0 radical (unpaired) electrons. The van der Waals surface area contributed by atoms with Crippen molar-refractivity contribution in [1.82, 2.24) is 9.55 Å². The van der Waals surface area contributed by atoms with Gasteiger partial charge in [-0.15, -0.1) is 11.6 Å². The molecule has 0 saturated heterocycles. The Kier molecular flexibility index (Phi) is 5.32. The van der Waals surface area contributed by atoms with E-state index in [4.69, 9.17) is 16.6 Å². The summed E-state index contributed by atoms with van der Waals surface area (Å²) in [5.74, 6) is 3.72. The second kappa shape index (κ2) is 6.83. The fourth-order valence-electron chi connectivity index (χ4n) is 3.17. The molecule has 0 saturated carbocycles. The second-order valence-corrected chi connectivity index (χ2v) is 7.10. The Hall–Kier alpha value is -1.02. The van der Waals surface area contributed by atoms with Gasteiger partial charge < -0.3 is 4.57 Å². The fourth-order valence-corrected chi connectivity index (χ4v) is 3.34. The maximum atomic E-state index is 5.98. The predicted molar refractivity (Wildman–Crippen MR) is 92.1 cm³/mol. The van der Waals surface area contributed by atoms with Gasteiger partial charge in [0.1, 0.15) is 5.82 Å². The van der Waals surface area contributed by atoms with Crippen molar-refractivity contribution in [3.8, 4) is 0 Å². The van der Waals surface area contributed by atoms with Crippen molar-refractivity contribution >= 4 is 22.6 Å². The summed E-state index contributed by atoms with van der Waals surface area (Å²) in [6.45, 7) is 12.4. The van der Waals surface area contributed by atoms with E-state index in [2.05, 4.69) is 57.4 Å². The molecule has 2 aromatic rings. The Morgan fingerprint density at radius 2 is 1.81 bits per heavy atom. The lowest BCUT2D eigenvalue weighted by Crippen LogP contribution is -2.23. The van der Waals surface area contributed by atoms with Crippen molar-refractivity contribution in [2.24, 2.45) is 17.8 Å². The van der Waals surface area contributed by atoms with Crippen LogP contribution < -0.4 is 0 Å². The monoisotopic (exact) mass is 306 g/mol. The Morgan fingerprint density at radius 3 is 2.38 bits per heavy atom. The third-order valence-electron chi connectivity index (χ3n) is 4.41. The molecule has 2 nitrogen and oxygen atoms in total.